The monoisotopic (exact) mass is 496 g/mol. The van der Waals surface area contributed by atoms with Gasteiger partial charge in [-0.3, -0.25) is 0 Å². The van der Waals surface area contributed by atoms with Crippen molar-refractivity contribution in [3.05, 3.63) is 64.8 Å². The van der Waals surface area contributed by atoms with Gasteiger partial charge in [-0.1, -0.05) is 0 Å². The van der Waals surface area contributed by atoms with Crippen molar-refractivity contribution in [2.45, 2.75) is 6.92 Å². The van der Waals surface area contributed by atoms with E-state index in [0.717, 1.165) is 43.1 Å². The van der Waals surface area contributed by atoms with Crippen LogP contribution in [0, 0.1) is 12.7 Å². The summed E-state index contributed by atoms with van der Waals surface area (Å²) < 4.78 is 21.2. The minimum absolute atomic E-state index is 0.0993. The van der Waals surface area contributed by atoms with E-state index < -0.39 is 5.82 Å². The van der Waals surface area contributed by atoms with Gasteiger partial charge < -0.3 is 25.3 Å². The van der Waals surface area contributed by atoms with Crippen LogP contribution < -0.4 is 20.3 Å². The molecule has 7 nitrogen and oxygen atoms in total. The van der Waals surface area contributed by atoms with Crippen molar-refractivity contribution in [1.29, 1.82) is 0 Å². The van der Waals surface area contributed by atoms with E-state index in [1.54, 1.807) is 18.2 Å². The molecule has 9 heteroatoms. The fraction of sp³-hybridized carbons (Fsp3) is 0.217. The summed E-state index contributed by atoms with van der Waals surface area (Å²) in [5.41, 5.74) is 3.67. The molecule has 0 saturated carbocycles. The van der Waals surface area contributed by atoms with E-state index in [2.05, 4.69) is 58.5 Å². The Labute approximate surface area is 193 Å². The highest BCUT2D eigenvalue weighted by Gasteiger charge is 2.16. The molecular formula is C23H22BrFN6O. The maximum absolute atomic E-state index is 14.9. The second-order valence-corrected chi connectivity index (χ2v) is 8.44. The zero-order chi connectivity index (χ0) is 22.1. The molecule has 164 valence electrons. The smallest absolute Gasteiger partial charge is 0.239 e. The molecular weight excluding hydrogens is 475 g/mol. The van der Waals surface area contributed by atoms with Crippen molar-refractivity contribution in [1.82, 2.24) is 20.3 Å². The fourth-order valence-electron chi connectivity index (χ4n) is 3.80. The van der Waals surface area contributed by atoms with Gasteiger partial charge in [0, 0.05) is 54.2 Å². The molecule has 0 amide bonds. The van der Waals surface area contributed by atoms with Gasteiger partial charge in [0.05, 0.1) is 0 Å². The normalized spacial score (nSPS) is 14.0. The molecule has 0 bridgehead atoms. The fourth-order valence-corrected chi connectivity index (χ4v) is 4.18. The van der Waals surface area contributed by atoms with Gasteiger partial charge in [0.2, 0.25) is 5.88 Å². The van der Waals surface area contributed by atoms with Gasteiger partial charge in [0.15, 0.2) is 17.4 Å². The molecule has 1 fully saturated rings. The lowest BCUT2D eigenvalue weighted by Gasteiger charge is -2.29. The number of nitrogens with zero attached hydrogens (tertiary/aromatic N) is 3. The third kappa shape index (κ3) is 4.13. The van der Waals surface area contributed by atoms with Crippen LogP contribution in [-0.2, 0) is 0 Å². The number of hydrogen-bond donors (Lipinski definition) is 3. The summed E-state index contributed by atoms with van der Waals surface area (Å²) in [6.45, 7) is 5.86. The Bertz CT molecular complexity index is 1250. The molecule has 1 aliphatic rings. The first-order valence-corrected chi connectivity index (χ1v) is 11.2. The van der Waals surface area contributed by atoms with E-state index in [1.807, 2.05) is 19.1 Å². The van der Waals surface area contributed by atoms with E-state index in [-0.39, 0.29) is 11.6 Å². The minimum Gasteiger partial charge on any atom is -0.435 e. The molecule has 5 rings (SSSR count). The Hall–Kier alpha value is -3.17. The number of fused-ring (bicyclic) bond motifs is 1. The Morgan fingerprint density at radius 1 is 1.09 bits per heavy atom. The van der Waals surface area contributed by atoms with Crippen LogP contribution in [0.3, 0.4) is 0 Å². The summed E-state index contributed by atoms with van der Waals surface area (Å²) in [7, 11) is 0. The standard InChI is InChI=1S/C23H22BrFN6O/c1-14-12-17-18(29-14)6-7-19(21(17)25)32-23-20(24)22(27-13-28-23)30-15-2-4-16(5-3-15)31-10-8-26-9-11-31/h2-7,12-13,26,29H,8-11H2,1H3,(H,27,28,30). The number of hydrogen-bond acceptors (Lipinski definition) is 6. The average molecular weight is 497 g/mol. The first kappa shape index (κ1) is 20.7. The highest BCUT2D eigenvalue weighted by Crippen LogP contribution is 2.36. The van der Waals surface area contributed by atoms with Crippen LogP contribution in [0.4, 0.5) is 21.6 Å². The summed E-state index contributed by atoms with van der Waals surface area (Å²) in [4.78, 5) is 13.9. The van der Waals surface area contributed by atoms with Gasteiger partial charge in [-0.15, -0.1) is 0 Å². The molecule has 0 atom stereocenters. The zero-order valence-electron chi connectivity index (χ0n) is 17.5. The van der Waals surface area contributed by atoms with Crippen molar-refractivity contribution < 1.29 is 9.13 Å². The Morgan fingerprint density at radius 2 is 1.88 bits per heavy atom. The van der Waals surface area contributed by atoms with Crippen LogP contribution in [0.5, 0.6) is 11.6 Å². The Balaban J connectivity index is 1.35. The van der Waals surface area contributed by atoms with Gasteiger partial charge in [-0.2, -0.15) is 0 Å². The largest absolute Gasteiger partial charge is 0.435 e. The van der Waals surface area contributed by atoms with Crippen LogP contribution in [0.15, 0.2) is 53.3 Å². The van der Waals surface area contributed by atoms with Gasteiger partial charge in [-0.25, -0.2) is 14.4 Å². The van der Waals surface area contributed by atoms with Crippen LogP contribution >= 0.6 is 15.9 Å². The number of aromatic amines is 1. The molecule has 0 aliphatic carbocycles. The number of aryl methyl sites for hydroxylation is 1. The van der Waals surface area contributed by atoms with Gasteiger partial charge >= 0.3 is 0 Å². The molecule has 0 radical (unpaired) electrons. The van der Waals surface area contributed by atoms with Gasteiger partial charge in [0.25, 0.3) is 0 Å². The third-order valence-corrected chi connectivity index (χ3v) is 6.13. The first-order valence-electron chi connectivity index (χ1n) is 10.4. The van der Waals surface area contributed by atoms with E-state index >= 15 is 0 Å². The van der Waals surface area contributed by atoms with Gasteiger partial charge in [0.1, 0.15) is 10.8 Å². The van der Waals surface area contributed by atoms with E-state index in [4.69, 9.17) is 4.74 Å². The predicted octanol–water partition coefficient (Wildman–Crippen LogP) is 5.11. The quantitative estimate of drug-likeness (QED) is 0.356. The van der Waals surface area contributed by atoms with E-state index in [0.29, 0.717) is 15.7 Å². The van der Waals surface area contributed by atoms with Crippen LogP contribution in [0.1, 0.15) is 5.69 Å². The number of aromatic nitrogens is 3. The highest BCUT2D eigenvalue weighted by atomic mass is 79.9. The number of benzene rings is 2. The second kappa shape index (κ2) is 8.76. The zero-order valence-corrected chi connectivity index (χ0v) is 19.0. The lowest BCUT2D eigenvalue weighted by atomic mass is 10.2. The first-order chi connectivity index (χ1) is 15.6. The van der Waals surface area contributed by atoms with Crippen LogP contribution in [0.2, 0.25) is 0 Å². The molecule has 3 heterocycles. The van der Waals surface area contributed by atoms with Crippen molar-refractivity contribution >= 4 is 44.0 Å². The maximum atomic E-state index is 14.9. The number of halogens is 2. The minimum atomic E-state index is -0.435. The molecule has 1 saturated heterocycles. The maximum Gasteiger partial charge on any atom is 0.239 e. The molecule has 32 heavy (non-hydrogen) atoms. The number of ether oxygens (including phenoxy) is 1. The molecule has 1 aliphatic heterocycles. The van der Waals surface area contributed by atoms with Crippen LogP contribution in [0.25, 0.3) is 10.9 Å². The van der Waals surface area contributed by atoms with Crippen molar-refractivity contribution in [2.24, 2.45) is 0 Å². The molecule has 4 aromatic rings. The summed E-state index contributed by atoms with van der Waals surface area (Å²) in [5.74, 6) is 0.423. The summed E-state index contributed by atoms with van der Waals surface area (Å²) in [6.07, 6.45) is 1.38. The lowest BCUT2D eigenvalue weighted by molar-refractivity contribution is 0.427. The van der Waals surface area contributed by atoms with E-state index in [9.17, 15) is 4.39 Å². The predicted molar refractivity (Wildman–Crippen MR) is 128 cm³/mol. The third-order valence-electron chi connectivity index (χ3n) is 5.41. The second-order valence-electron chi connectivity index (χ2n) is 7.64. The molecule has 2 aromatic carbocycles. The summed E-state index contributed by atoms with van der Waals surface area (Å²) in [5, 5.41) is 7.11. The number of anilines is 3. The topological polar surface area (TPSA) is 78.1 Å². The van der Waals surface area contributed by atoms with Gasteiger partial charge in [-0.05, 0) is 65.3 Å². The Morgan fingerprint density at radius 3 is 2.66 bits per heavy atom. The van der Waals surface area contributed by atoms with Crippen LogP contribution in [-0.4, -0.2) is 41.1 Å². The number of rotatable bonds is 5. The van der Waals surface area contributed by atoms with Crippen molar-refractivity contribution in [3.63, 3.8) is 0 Å². The Kier molecular flexibility index (Phi) is 5.67. The van der Waals surface area contributed by atoms with E-state index in [1.165, 1.54) is 12.0 Å². The number of piperazine rings is 1. The summed E-state index contributed by atoms with van der Waals surface area (Å²) in [6, 6.07) is 13.3. The molecule has 2 aromatic heterocycles. The number of H-pyrrole nitrogens is 1. The SMILES string of the molecule is Cc1cc2c(F)c(Oc3ncnc(Nc4ccc(N5CCNCC5)cc4)c3Br)ccc2[nH]1. The number of nitrogens with one attached hydrogen (secondary N) is 3. The molecule has 0 spiro atoms. The molecule has 0 unspecified atom stereocenters. The van der Waals surface area contributed by atoms with Crippen molar-refractivity contribution in [3.8, 4) is 11.6 Å². The van der Waals surface area contributed by atoms with Crippen molar-refractivity contribution in [2.75, 3.05) is 36.4 Å². The summed E-state index contributed by atoms with van der Waals surface area (Å²) >= 11 is 3.50. The average Bonchev–Trinajstić information content (AvgIpc) is 3.20. The lowest BCUT2D eigenvalue weighted by Crippen LogP contribution is -2.43. The molecule has 3 N–H and O–H groups in total. The highest BCUT2D eigenvalue weighted by molar-refractivity contribution is 9.10.